The molecule has 3 N–H and O–H groups in total. The molecule has 0 unspecified atom stereocenters. The number of carbonyl (C=O) groups is 1. The van der Waals surface area contributed by atoms with E-state index in [1.54, 1.807) is 36.2 Å². The second-order valence-electron chi connectivity index (χ2n) is 6.83. The summed E-state index contributed by atoms with van der Waals surface area (Å²) in [5.74, 6) is -0.841. The molecule has 1 saturated heterocycles. The Labute approximate surface area is 162 Å². The first-order chi connectivity index (χ1) is 13.4. The molecule has 2 aromatic rings. The van der Waals surface area contributed by atoms with Gasteiger partial charge in [0.2, 0.25) is 5.95 Å². The molecule has 2 heterocycles. The molecule has 0 radical (unpaired) electrons. The molecule has 28 heavy (non-hydrogen) atoms. The van der Waals surface area contributed by atoms with E-state index in [1.165, 1.54) is 7.11 Å². The number of ether oxygens (including phenoxy) is 1. The van der Waals surface area contributed by atoms with Crippen molar-refractivity contribution in [3.05, 3.63) is 41.8 Å². The molecule has 1 aromatic carbocycles. The van der Waals surface area contributed by atoms with Crippen LogP contribution < -0.4 is 15.0 Å². The fraction of sp³-hybridized carbons (Fsp3) is 0.421. The van der Waals surface area contributed by atoms with E-state index in [0.717, 1.165) is 11.8 Å². The highest BCUT2D eigenvalue weighted by Gasteiger charge is 2.50. The van der Waals surface area contributed by atoms with Crippen LogP contribution in [-0.2, 0) is 11.2 Å². The number of rotatable bonds is 6. The van der Waals surface area contributed by atoms with Gasteiger partial charge in [0, 0.05) is 20.1 Å². The number of halogens is 1. The maximum Gasteiger partial charge on any atom is 0.314 e. The topological polar surface area (TPSA) is 108 Å². The van der Waals surface area contributed by atoms with Crippen LogP contribution in [0.2, 0.25) is 0 Å². The van der Waals surface area contributed by atoms with Crippen molar-refractivity contribution >= 4 is 17.7 Å². The summed E-state index contributed by atoms with van der Waals surface area (Å²) >= 11 is 0. The maximum absolute atomic E-state index is 13.7. The Morgan fingerprint density at radius 2 is 2.29 bits per heavy atom. The lowest BCUT2D eigenvalue weighted by molar-refractivity contribution is -0.157. The zero-order valence-corrected chi connectivity index (χ0v) is 15.7. The van der Waals surface area contributed by atoms with Crippen LogP contribution >= 0.6 is 0 Å². The van der Waals surface area contributed by atoms with Crippen molar-refractivity contribution in [2.45, 2.75) is 18.9 Å². The van der Waals surface area contributed by atoms with Gasteiger partial charge in [0.25, 0.3) is 0 Å². The Kier molecular flexibility index (Phi) is 5.64. The van der Waals surface area contributed by atoms with Gasteiger partial charge in [-0.2, -0.15) is 4.98 Å². The van der Waals surface area contributed by atoms with E-state index in [1.807, 2.05) is 0 Å². The number of methoxy groups -OCH3 is 1. The van der Waals surface area contributed by atoms with Crippen LogP contribution in [0.25, 0.3) is 0 Å². The zero-order chi connectivity index (χ0) is 20.3. The van der Waals surface area contributed by atoms with Gasteiger partial charge in [-0.15, -0.1) is 0 Å². The first-order valence-corrected chi connectivity index (χ1v) is 8.89. The average molecular weight is 390 g/mol. The normalized spacial score (nSPS) is 22.0. The minimum Gasteiger partial charge on any atom is -0.497 e. The average Bonchev–Trinajstić information content (AvgIpc) is 2.70. The third-order valence-electron chi connectivity index (χ3n) is 5.11. The Balaban J connectivity index is 1.94. The smallest absolute Gasteiger partial charge is 0.314 e. The van der Waals surface area contributed by atoms with Crippen molar-refractivity contribution in [3.8, 4) is 5.75 Å². The molecule has 0 amide bonds. The number of aliphatic hydroxyl groups is 1. The molecule has 1 aromatic heterocycles. The van der Waals surface area contributed by atoms with E-state index in [4.69, 9.17) is 4.74 Å². The molecule has 1 fully saturated rings. The number of nitrogens with one attached hydrogen (secondary N) is 1. The molecule has 8 nitrogen and oxygen atoms in total. The largest absolute Gasteiger partial charge is 0.497 e. The molecule has 0 spiro atoms. The first-order valence-electron chi connectivity index (χ1n) is 8.89. The second-order valence-corrected chi connectivity index (χ2v) is 6.83. The van der Waals surface area contributed by atoms with Gasteiger partial charge in [0.1, 0.15) is 11.2 Å². The molecule has 1 aliphatic rings. The van der Waals surface area contributed by atoms with E-state index in [-0.39, 0.29) is 31.2 Å². The lowest BCUT2D eigenvalue weighted by atomic mass is 9.73. The number of piperidine rings is 1. The third-order valence-corrected chi connectivity index (χ3v) is 5.11. The number of anilines is 2. The summed E-state index contributed by atoms with van der Waals surface area (Å²) in [5.41, 5.74) is -0.721. The SMILES string of the molecule is CNc1nc(N2CC[C@H](O)[C@](Cc3cccc(OC)c3)(C(=O)O)C2)ncc1F. The van der Waals surface area contributed by atoms with Crippen molar-refractivity contribution in [2.75, 3.05) is 37.5 Å². The number of aliphatic carboxylic acids is 1. The van der Waals surface area contributed by atoms with Crippen molar-refractivity contribution in [1.29, 1.82) is 0 Å². The van der Waals surface area contributed by atoms with Crippen LogP contribution in [0.1, 0.15) is 12.0 Å². The molecule has 0 saturated carbocycles. The number of hydrogen-bond donors (Lipinski definition) is 3. The highest BCUT2D eigenvalue weighted by Crippen LogP contribution is 2.36. The summed E-state index contributed by atoms with van der Waals surface area (Å²) in [6.45, 7) is 0.360. The standard InChI is InChI=1S/C19H23FN4O4/c1-21-16-14(20)10-22-18(23-16)24-7-6-15(25)19(11-24,17(26)27)9-12-4-3-5-13(8-12)28-2/h3-5,8,10,15,25H,6-7,9,11H2,1-2H3,(H,26,27)(H,21,22,23)/t15-,19+/m0/s1. The Morgan fingerprint density at radius 1 is 1.50 bits per heavy atom. The number of aliphatic hydroxyl groups excluding tert-OH is 1. The third kappa shape index (κ3) is 3.70. The summed E-state index contributed by atoms with van der Waals surface area (Å²) in [5, 5.41) is 23.3. The lowest BCUT2D eigenvalue weighted by Crippen LogP contribution is -2.57. The van der Waals surface area contributed by atoms with Crippen molar-refractivity contribution in [2.24, 2.45) is 5.41 Å². The number of aromatic nitrogens is 2. The fourth-order valence-corrected chi connectivity index (χ4v) is 3.54. The molecule has 0 aliphatic carbocycles. The molecular weight excluding hydrogens is 367 g/mol. The van der Waals surface area contributed by atoms with E-state index in [9.17, 15) is 19.4 Å². The summed E-state index contributed by atoms with van der Waals surface area (Å²) in [6.07, 6.45) is 0.337. The van der Waals surface area contributed by atoms with Crippen LogP contribution in [0.5, 0.6) is 5.75 Å². The Morgan fingerprint density at radius 3 is 2.96 bits per heavy atom. The van der Waals surface area contributed by atoms with Gasteiger partial charge in [-0.25, -0.2) is 9.37 Å². The summed E-state index contributed by atoms with van der Waals surface area (Å²) < 4.78 is 18.9. The molecule has 1 aliphatic heterocycles. The molecule has 3 rings (SSSR count). The van der Waals surface area contributed by atoms with Gasteiger partial charge >= 0.3 is 5.97 Å². The Bertz CT molecular complexity index is 866. The molecule has 0 bridgehead atoms. The van der Waals surface area contributed by atoms with Crippen LogP contribution in [0.15, 0.2) is 30.5 Å². The van der Waals surface area contributed by atoms with Gasteiger partial charge in [-0.1, -0.05) is 12.1 Å². The number of benzene rings is 1. The van der Waals surface area contributed by atoms with Gasteiger partial charge in [0.15, 0.2) is 11.6 Å². The predicted octanol–water partition coefficient (Wildman–Crippen LogP) is 1.55. The molecule has 150 valence electrons. The highest BCUT2D eigenvalue weighted by atomic mass is 19.1. The number of carboxylic acids is 1. The minimum absolute atomic E-state index is 0.00447. The molecule has 9 heteroatoms. The Hall–Kier alpha value is -2.94. The second kappa shape index (κ2) is 7.97. The van der Waals surface area contributed by atoms with Crippen LogP contribution in [0, 0.1) is 11.2 Å². The lowest BCUT2D eigenvalue weighted by Gasteiger charge is -2.43. The van der Waals surface area contributed by atoms with Gasteiger partial charge in [-0.05, 0) is 30.5 Å². The summed E-state index contributed by atoms with van der Waals surface area (Å²) in [7, 11) is 3.08. The number of hydrogen-bond acceptors (Lipinski definition) is 7. The van der Waals surface area contributed by atoms with E-state index >= 15 is 0 Å². The van der Waals surface area contributed by atoms with Crippen LogP contribution in [-0.4, -0.2) is 59.5 Å². The monoisotopic (exact) mass is 390 g/mol. The zero-order valence-electron chi connectivity index (χ0n) is 15.7. The number of nitrogens with zero attached hydrogens (tertiary/aromatic N) is 3. The summed E-state index contributed by atoms with van der Waals surface area (Å²) in [6, 6.07) is 7.10. The summed E-state index contributed by atoms with van der Waals surface area (Å²) in [4.78, 5) is 22.1. The van der Waals surface area contributed by atoms with E-state index in [0.29, 0.717) is 12.3 Å². The van der Waals surface area contributed by atoms with Gasteiger partial charge < -0.3 is 25.2 Å². The van der Waals surface area contributed by atoms with Crippen LogP contribution in [0.4, 0.5) is 16.2 Å². The van der Waals surface area contributed by atoms with E-state index < -0.39 is 23.3 Å². The van der Waals surface area contributed by atoms with Gasteiger partial charge in [-0.3, -0.25) is 4.79 Å². The van der Waals surface area contributed by atoms with Crippen molar-refractivity contribution in [3.63, 3.8) is 0 Å². The highest BCUT2D eigenvalue weighted by molar-refractivity contribution is 5.77. The maximum atomic E-state index is 13.7. The van der Waals surface area contributed by atoms with Crippen molar-refractivity contribution < 1.29 is 24.1 Å². The van der Waals surface area contributed by atoms with Gasteiger partial charge in [0.05, 0.1) is 19.4 Å². The first kappa shape index (κ1) is 19.8. The molecule has 2 atom stereocenters. The van der Waals surface area contributed by atoms with E-state index in [2.05, 4.69) is 15.3 Å². The van der Waals surface area contributed by atoms with Crippen molar-refractivity contribution in [1.82, 2.24) is 9.97 Å². The predicted molar refractivity (Wildman–Crippen MR) is 101 cm³/mol. The fourth-order valence-electron chi connectivity index (χ4n) is 3.54. The minimum atomic E-state index is -1.46. The quantitative estimate of drug-likeness (QED) is 0.682. The number of carboxylic acid groups (broad SMARTS) is 1. The van der Waals surface area contributed by atoms with Crippen LogP contribution in [0.3, 0.4) is 0 Å². The molecular formula is C19H23FN4O4.